The summed E-state index contributed by atoms with van der Waals surface area (Å²) in [5, 5.41) is 0. The number of halogens is 3. The number of benzene rings is 1. The molecule has 0 saturated carbocycles. The topological polar surface area (TPSA) is 17.1 Å². The Bertz CT molecular complexity index is 395. The molecule has 0 amide bonds. The Morgan fingerprint density at radius 3 is 2.67 bits per heavy atom. The lowest BCUT2D eigenvalue weighted by atomic mass is 10.0. The second-order valence-corrected chi connectivity index (χ2v) is 3.62. The Balaban J connectivity index is 2.41. The van der Waals surface area contributed by atoms with Crippen molar-refractivity contribution in [3.63, 3.8) is 0 Å². The third kappa shape index (κ3) is 1.76. The molecule has 79 valence electrons. The van der Waals surface area contributed by atoms with Gasteiger partial charge in [0.15, 0.2) is 0 Å². The number of hydrogen-bond acceptors (Lipinski definition) is 1. The normalized spacial score (nSPS) is 20.1. The van der Waals surface area contributed by atoms with Crippen LogP contribution in [0.5, 0.6) is 0 Å². The van der Waals surface area contributed by atoms with Gasteiger partial charge in [-0.2, -0.15) is 13.2 Å². The van der Waals surface area contributed by atoms with Crippen LogP contribution in [0.2, 0.25) is 0 Å². The number of rotatable bonds is 1. The molecule has 0 fully saturated rings. The highest BCUT2D eigenvalue weighted by atomic mass is 19.4. The first-order valence-electron chi connectivity index (χ1n) is 4.60. The maximum absolute atomic E-state index is 12.4. The molecule has 1 aromatic rings. The summed E-state index contributed by atoms with van der Waals surface area (Å²) >= 11 is 0. The van der Waals surface area contributed by atoms with Crippen LogP contribution in [0.25, 0.3) is 0 Å². The summed E-state index contributed by atoms with van der Waals surface area (Å²) in [5.74, 6) is -0.345. The van der Waals surface area contributed by atoms with Crippen molar-refractivity contribution in [1.29, 1.82) is 0 Å². The molecular weight excluding hydrogens is 205 g/mol. The number of hydrogen-bond donors (Lipinski definition) is 0. The minimum absolute atomic E-state index is 0.345. The summed E-state index contributed by atoms with van der Waals surface area (Å²) in [4.78, 5) is 10.5. The summed E-state index contributed by atoms with van der Waals surface area (Å²) in [5.41, 5.74) is 0.670. The van der Waals surface area contributed by atoms with Crippen molar-refractivity contribution in [2.45, 2.75) is 24.9 Å². The number of carbonyl (C=O) groups excluding carboxylic acids is 1. The second kappa shape index (κ2) is 3.36. The van der Waals surface area contributed by atoms with Crippen molar-refractivity contribution in [2.24, 2.45) is 0 Å². The van der Waals surface area contributed by atoms with E-state index < -0.39 is 11.7 Å². The summed E-state index contributed by atoms with van der Waals surface area (Å²) in [7, 11) is 0. The van der Waals surface area contributed by atoms with E-state index >= 15 is 0 Å². The maximum atomic E-state index is 12.4. The molecule has 4 heteroatoms. The molecule has 1 unspecified atom stereocenters. The molecule has 0 aromatic heterocycles. The van der Waals surface area contributed by atoms with Crippen molar-refractivity contribution in [2.75, 3.05) is 0 Å². The fraction of sp³-hybridized carbons (Fsp3) is 0.364. The third-order valence-electron chi connectivity index (χ3n) is 2.69. The van der Waals surface area contributed by atoms with E-state index in [2.05, 4.69) is 0 Å². The summed E-state index contributed by atoms with van der Waals surface area (Å²) < 4.78 is 37.1. The monoisotopic (exact) mass is 213 g/mol. The van der Waals surface area contributed by atoms with Gasteiger partial charge in [-0.15, -0.1) is 0 Å². The summed E-state index contributed by atoms with van der Waals surface area (Å²) in [6.45, 7) is 0. The quantitative estimate of drug-likeness (QED) is 0.701. The van der Waals surface area contributed by atoms with E-state index in [0.717, 1.165) is 12.1 Å². The van der Waals surface area contributed by atoms with Gasteiger partial charge in [-0.3, -0.25) is 4.79 Å². The van der Waals surface area contributed by atoms with Gasteiger partial charge in [0.2, 0.25) is 6.29 Å². The molecule has 2 rings (SSSR count). The average molecular weight is 213 g/mol. The van der Waals surface area contributed by atoms with Crippen LogP contribution in [0.3, 0.4) is 0 Å². The van der Waals surface area contributed by atoms with Crippen LogP contribution in [0.4, 0.5) is 13.2 Å². The summed E-state index contributed by atoms with van der Waals surface area (Å²) in [6.07, 6.45) is -1.36. The van der Waals surface area contributed by atoms with Crippen LogP contribution in [0.1, 0.15) is 29.0 Å². The first kappa shape index (κ1) is 10.2. The minimum atomic E-state index is -4.31. The molecule has 0 saturated heterocycles. The Morgan fingerprint density at radius 2 is 2.07 bits per heavy atom. The van der Waals surface area contributed by atoms with E-state index in [1.54, 1.807) is 0 Å². The fourth-order valence-corrected chi connectivity index (χ4v) is 1.92. The van der Waals surface area contributed by atoms with Gasteiger partial charge in [0.05, 0.1) is 11.5 Å². The lowest BCUT2D eigenvalue weighted by molar-refractivity contribution is -0.137. The summed E-state index contributed by atoms with van der Waals surface area (Å²) in [6, 6.07) is 3.54. The molecule has 1 radical (unpaired) electrons. The molecule has 0 heterocycles. The van der Waals surface area contributed by atoms with Crippen molar-refractivity contribution < 1.29 is 18.0 Å². The predicted molar refractivity (Wildman–Crippen MR) is 48.2 cm³/mol. The average Bonchev–Trinajstić information content (AvgIpc) is 2.58. The Morgan fingerprint density at radius 1 is 1.33 bits per heavy atom. The predicted octanol–water partition coefficient (Wildman–Crippen LogP) is 2.84. The number of aryl methyl sites for hydroxylation is 1. The van der Waals surface area contributed by atoms with Gasteiger partial charge in [-0.1, -0.05) is 6.07 Å². The Kier molecular flexibility index (Phi) is 2.29. The zero-order valence-electron chi connectivity index (χ0n) is 7.77. The van der Waals surface area contributed by atoms with Crippen LogP contribution < -0.4 is 0 Å². The molecule has 0 spiro atoms. The highest BCUT2D eigenvalue weighted by Gasteiger charge is 2.32. The fourth-order valence-electron chi connectivity index (χ4n) is 1.92. The van der Waals surface area contributed by atoms with Gasteiger partial charge >= 0.3 is 6.18 Å². The molecule has 1 atom stereocenters. The highest BCUT2D eigenvalue weighted by molar-refractivity contribution is 5.66. The largest absolute Gasteiger partial charge is 0.416 e. The molecule has 15 heavy (non-hydrogen) atoms. The van der Waals surface area contributed by atoms with Crippen LogP contribution >= 0.6 is 0 Å². The first-order chi connectivity index (χ1) is 7.02. The van der Waals surface area contributed by atoms with Gasteiger partial charge in [0, 0.05) is 0 Å². The van der Waals surface area contributed by atoms with Crippen LogP contribution in [-0.2, 0) is 17.4 Å². The zero-order chi connectivity index (χ0) is 11.1. The van der Waals surface area contributed by atoms with Crippen molar-refractivity contribution >= 4 is 6.29 Å². The van der Waals surface area contributed by atoms with Crippen LogP contribution in [0.15, 0.2) is 18.2 Å². The molecular formula is C11H8F3O. The standard InChI is InChI=1S/C11H8F3O/c12-11(13,14)9-3-4-10-7(5-9)1-2-8(10)6-15/h3-5,8H,1-2H2. The first-order valence-corrected chi connectivity index (χ1v) is 4.60. The SMILES string of the molecule is O=[C]C1CCc2cc(C(F)(F)F)ccc21. The number of alkyl halides is 3. The molecule has 0 bridgehead atoms. The lowest BCUT2D eigenvalue weighted by Crippen LogP contribution is -2.05. The molecule has 0 aliphatic heterocycles. The van der Waals surface area contributed by atoms with Crippen molar-refractivity contribution in [3.05, 3.63) is 34.9 Å². The molecule has 0 N–H and O–H groups in total. The van der Waals surface area contributed by atoms with Gasteiger partial charge in [-0.25, -0.2) is 0 Å². The molecule has 1 aromatic carbocycles. The van der Waals surface area contributed by atoms with E-state index in [-0.39, 0.29) is 5.92 Å². The minimum Gasteiger partial charge on any atom is -0.290 e. The highest BCUT2D eigenvalue weighted by Crippen LogP contribution is 2.36. The van der Waals surface area contributed by atoms with Crippen molar-refractivity contribution in [1.82, 2.24) is 0 Å². The van der Waals surface area contributed by atoms with Crippen LogP contribution in [0, 0.1) is 0 Å². The van der Waals surface area contributed by atoms with E-state index in [1.807, 2.05) is 6.29 Å². The van der Waals surface area contributed by atoms with E-state index in [0.29, 0.717) is 24.0 Å². The van der Waals surface area contributed by atoms with Gasteiger partial charge in [0.25, 0.3) is 0 Å². The van der Waals surface area contributed by atoms with Crippen LogP contribution in [-0.4, -0.2) is 6.29 Å². The zero-order valence-corrected chi connectivity index (χ0v) is 7.77. The van der Waals surface area contributed by atoms with Crippen molar-refractivity contribution in [3.8, 4) is 0 Å². The molecule has 1 aliphatic rings. The molecule has 1 nitrogen and oxygen atoms in total. The van der Waals surface area contributed by atoms with E-state index in [9.17, 15) is 18.0 Å². The van der Waals surface area contributed by atoms with E-state index in [1.165, 1.54) is 6.07 Å². The second-order valence-electron chi connectivity index (χ2n) is 3.62. The van der Waals surface area contributed by atoms with E-state index in [4.69, 9.17) is 0 Å². The Labute approximate surface area is 84.9 Å². The van der Waals surface area contributed by atoms with Gasteiger partial charge in [-0.05, 0) is 36.1 Å². The number of fused-ring (bicyclic) bond motifs is 1. The van der Waals surface area contributed by atoms with Gasteiger partial charge < -0.3 is 0 Å². The molecule has 1 aliphatic carbocycles. The Hall–Kier alpha value is -1.32. The van der Waals surface area contributed by atoms with Gasteiger partial charge in [0.1, 0.15) is 0 Å². The lowest BCUT2D eigenvalue weighted by Gasteiger charge is -2.09. The maximum Gasteiger partial charge on any atom is 0.416 e. The third-order valence-corrected chi connectivity index (χ3v) is 2.69. The smallest absolute Gasteiger partial charge is 0.290 e.